The van der Waals surface area contributed by atoms with Crippen molar-refractivity contribution in [2.75, 3.05) is 0 Å². The molecule has 3 radical (unpaired) electrons. The fourth-order valence-electron chi connectivity index (χ4n) is 12.5. The number of hydrogen-bond acceptors (Lipinski definition) is 6. The number of aliphatic hydroxyl groups is 2. The fraction of sp³-hybridized carbons (Fsp3) is 0.235. The Labute approximate surface area is 703 Å². The number of hydrogen-bond donors (Lipinski definition) is 2. The quantitative estimate of drug-likeness (QED) is 0.0535. The molecule has 13 aromatic rings. The second kappa shape index (κ2) is 46.4. The van der Waals surface area contributed by atoms with Crippen molar-refractivity contribution in [1.29, 1.82) is 0 Å². The number of carbonyl (C=O) groups excluding carboxylic acids is 2. The molecule has 11 aromatic carbocycles. The van der Waals surface area contributed by atoms with Gasteiger partial charge in [0, 0.05) is 97.7 Å². The van der Waals surface area contributed by atoms with Gasteiger partial charge in [-0.25, -0.2) is 11.1 Å². The summed E-state index contributed by atoms with van der Waals surface area (Å²) < 4.78 is 0. The van der Waals surface area contributed by atoms with Crippen LogP contribution in [0.3, 0.4) is 0 Å². The van der Waals surface area contributed by atoms with Crippen molar-refractivity contribution in [3.63, 3.8) is 0 Å². The summed E-state index contributed by atoms with van der Waals surface area (Å²) in [5.41, 5.74) is 26.2. The first-order valence-electron chi connectivity index (χ1n) is 37.5. The van der Waals surface area contributed by atoms with E-state index in [9.17, 15) is 14.7 Å². The molecule has 0 saturated carbocycles. The number of fused-ring (bicyclic) bond motifs is 2. The van der Waals surface area contributed by atoms with Crippen LogP contribution < -0.4 is 0 Å². The van der Waals surface area contributed by atoms with Crippen molar-refractivity contribution < 1.29 is 80.1 Å². The van der Waals surface area contributed by atoms with Crippen LogP contribution >= 0.6 is 0 Å². The maximum atomic E-state index is 11.2. The zero-order chi connectivity index (χ0) is 77.8. The van der Waals surface area contributed by atoms with E-state index in [1.54, 1.807) is 6.20 Å². The Morgan fingerprint density at radius 2 is 0.793 bits per heavy atom. The van der Waals surface area contributed by atoms with Gasteiger partial charge in [0.05, 0.1) is 11.5 Å². The molecule has 13 rings (SSSR count). The number of nitrogens with zero attached hydrogens (tertiary/aromatic N) is 2. The van der Waals surface area contributed by atoms with Gasteiger partial charge in [0.1, 0.15) is 0 Å². The summed E-state index contributed by atoms with van der Waals surface area (Å²) in [6.45, 7) is 32.8. The van der Waals surface area contributed by atoms with Crippen LogP contribution in [0.15, 0.2) is 267 Å². The van der Waals surface area contributed by atoms with E-state index in [0.29, 0.717) is 36.5 Å². The summed E-state index contributed by atoms with van der Waals surface area (Å²) in [4.78, 5) is 29.9. The van der Waals surface area contributed by atoms with Crippen molar-refractivity contribution >= 4 is 33.1 Å². The number of allylic oxidation sites excluding steroid dienone is 4. The summed E-state index contributed by atoms with van der Waals surface area (Å²) in [6, 6.07) is 101. The van der Waals surface area contributed by atoms with Crippen molar-refractivity contribution in [2.24, 2.45) is 23.7 Å². The maximum Gasteiger partial charge on any atom is 0.159 e. The molecule has 0 fully saturated rings. The van der Waals surface area contributed by atoms with E-state index in [1.807, 2.05) is 125 Å². The van der Waals surface area contributed by atoms with Crippen LogP contribution in [0.4, 0.5) is 0 Å². The zero-order valence-electron chi connectivity index (χ0n) is 67.0. The van der Waals surface area contributed by atoms with E-state index >= 15 is 0 Å². The van der Waals surface area contributed by atoms with Crippen molar-refractivity contribution in [1.82, 2.24) is 9.97 Å². The molecule has 0 atom stereocenters. The summed E-state index contributed by atoms with van der Waals surface area (Å²) in [6.07, 6.45) is 9.44. The monoisotopic (exact) mass is 2000 g/mol. The molecule has 0 unspecified atom stereocenters. The predicted octanol–water partition coefficient (Wildman–Crippen LogP) is 26.7. The van der Waals surface area contributed by atoms with Crippen LogP contribution in [0.5, 0.6) is 0 Å². The van der Waals surface area contributed by atoms with Crippen LogP contribution in [0, 0.1) is 102 Å². The Hall–Kier alpha value is -9.39. The third-order valence-electron chi connectivity index (χ3n) is 17.3. The molecule has 0 aliphatic heterocycles. The van der Waals surface area contributed by atoms with Gasteiger partial charge in [-0.1, -0.05) is 232 Å². The van der Waals surface area contributed by atoms with Crippen LogP contribution in [-0.2, 0) is 82.7 Å². The number of benzene rings is 11. The number of aryl methyl sites for hydroxylation is 6. The number of rotatable bonds is 17. The van der Waals surface area contributed by atoms with Crippen LogP contribution in [0.25, 0.3) is 99.7 Å². The van der Waals surface area contributed by atoms with Crippen LogP contribution in [0.1, 0.15) is 127 Å². The number of pyridine rings is 2. The van der Waals surface area contributed by atoms with Crippen LogP contribution in [0.2, 0.25) is 0 Å². The van der Waals surface area contributed by atoms with E-state index in [1.165, 1.54) is 120 Å². The fourth-order valence-corrected chi connectivity index (χ4v) is 12.5. The molecule has 0 amide bonds. The Morgan fingerprint density at radius 1 is 0.378 bits per heavy atom. The largest absolute Gasteiger partial charge is 0.512 e. The average molecular weight is 2000 g/mol. The minimum atomic E-state index is -0.125. The second-order valence-electron chi connectivity index (χ2n) is 29.6. The molecular weight excluding hydrogens is 1890 g/mol. The summed E-state index contributed by atoms with van der Waals surface area (Å²) >= 11 is 0. The molecular formula is C102H104Ir3N2O4-6. The Morgan fingerprint density at radius 3 is 1.16 bits per heavy atom. The molecule has 0 aliphatic carbocycles. The van der Waals surface area contributed by atoms with Crippen LogP contribution in [-0.4, -0.2) is 31.7 Å². The van der Waals surface area contributed by atoms with Gasteiger partial charge in [-0.2, -0.15) is 59.7 Å². The minimum Gasteiger partial charge on any atom is -0.512 e. The summed E-state index contributed by atoms with van der Waals surface area (Å²) in [5.74, 6) is 2.11. The van der Waals surface area contributed by atoms with Gasteiger partial charge in [-0.05, 0) is 115 Å². The number of aliphatic hydroxyl groups excluding tert-OH is 2. The van der Waals surface area contributed by atoms with E-state index in [2.05, 4.69) is 255 Å². The predicted molar refractivity (Wildman–Crippen MR) is 455 cm³/mol. The first-order chi connectivity index (χ1) is 51.7. The topological polar surface area (TPSA) is 100 Å². The van der Waals surface area contributed by atoms with E-state index in [4.69, 9.17) is 5.11 Å². The summed E-state index contributed by atoms with van der Waals surface area (Å²) in [7, 11) is 0. The molecule has 2 heterocycles. The standard InChI is InChI=1S/2C29H28.C17H12N.C11H8N.C11H20O2.C5H8O2.3Ir/c2*1-19(2)12-28-17-27(26-14-21(4)13-22(5)15-26)16-25-11-10-24(18-29(25)28)23-8-6-20(3)7-9-23;1-3-7-14(8-4-1)16-11-12-17(18-13-16)15-9-5-2-6-10-15;1-2-6-10(7-3-1)11-8-4-5-9-12-11;1-8(2)5-10(12)7-11(13)6-9(3)4;1-4(6)3-5(2)7;;;/h2*6-11,13-14,17-19H,12H2,1-5H3;1-9,11-13H;1-6,8-9H;7-9,12H,5-6H2,1-4H3;3,6H,1-2H3;;;/q2*-2;2*-1;;;;;. The maximum absolute atomic E-state index is 11.2. The summed E-state index contributed by atoms with van der Waals surface area (Å²) in [5, 5.41) is 22.7. The molecule has 0 aliphatic rings. The van der Waals surface area contributed by atoms with Crippen molar-refractivity contribution in [3.05, 3.63) is 347 Å². The van der Waals surface area contributed by atoms with E-state index < -0.39 is 0 Å². The molecule has 0 saturated heterocycles. The zero-order valence-corrected chi connectivity index (χ0v) is 74.2. The average Bonchev–Trinajstić information content (AvgIpc) is 0.783. The molecule has 9 heteroatoms. The van der Waals surface area contributed by atoms with E-state index in [-0.39, 0.29) is 83.4 Å². The minimum absolute atomic E-state index is 0. The third kappa shape index (κ3) is 30.7. The number of aromatic nitrogens is 2. The van der Waals surface area contributed by atoms with Gasteiger partial charge >= 0.3 is 0 Å². The van der Waals surface area contributed by atoms with Gasteiger partial charge in [0.25, 0.3) is 0 Å². The first kappa shape index (κ1) is 92.2. The molecule has 2 N–H and O–H groups in total. The van der Waals surface area contributed by atoms with Crippen molar-refractivity contribution in [2.45, 2.75) is 136 Å². The Balaban J connectivity index is 0.000000251. The number of ketones is 2. The Bertz CT molecular complexity index is 4760. The molecule has 6 nitrogen and oxygen atoms in total. The third-order valence-corrected chi connectivity index (χ3v) is 17.3. The second-order valence-corrected chi connectivity index (χ2v) is 29.6. The molecule has 2 aromatic heterocycles. The molecule has 0 bridgehead atoms. The van der Waals surface area contributed by atoms with Gasteiger partial charge in [0.15, 0.2) is 11.6 Å². The first-order valence-corrected chi connectivity index (χ1v) is 37.5. The molecule has 0 spiro atoms. The Kier molecular flexibility index (Phi) is 38.6. The molecule has 579 valence electrons. The van der Waals surface area contributed by atoms with Gasteiger partial charge in [-0.3, -0.25) is 9.59 Å². The van der Waals surface area contributed by atoms with E-state index in [0.717, 1.165) is 63.2 Å². The normalized spacial score (nSPS) is 10.8. The SMILES string of the molecule is CC(=O)C=C(C)O.CC(C)CC(=O)C=C(O)CC(C)C.Cc1[c-]c(-c2[c-]c3ccc(-c4ccc(C)cc4)cc3c(CC(C)C)c2)cc(C)c1.Cc1[c-]c(-c2[c-]c3ccc(-c4ccc(C)cc4)cc3c(CC(C)C)c2)cc(C)c1.[Ir].[Ir].[Ir].[c-]1ccccc1-c1ccc(-c2ccccc2)cn1.[c-]1ccccc1-c1ccccn1. The number of carbonyl (C=O) groups is 2. The van der Waals surface area contributed by atoms with Crippen molar-refractivity contribution in [3.8, 4) is 78.1 Å². The van der Waals surface area contributed by atoms with Gasteiger partial charge < -0.3 is 20.2 Å². The van der Waals surface area contributed by atoms with Gasteiger partial charge in [0.2, 0.25) is 0 Å². The van der Waals surface area contributed by atoms with Gasteiger partial charge in [-0.15, -0.1) is 140 Å². The smallest absolute Gasteiger partial charge is 0.159 e. The molecule has 111 heavy (non-hydrogen) atoms.